The van der Waals surface area contributed by atoms with Gasteiger partial charge in [-0.05, 0) is 31.4 Å². The number of anilines is 1. The molecule has 0 unspecified atom stereocenters. The SMILES string of the molecule is I.NC(=NCCCN1CCCCCC1=O)Nc1ccccc1OC(F)(F)F. The van der Waals surface area contributed by atoms with Gasteiger partial charge in [0.1, 0.15) is 0 Å². The number of likely N-dealkylation sites (tertiary alicyclic amines) is 1. The fraction of sp³-hybridized carbons (Fsp3) is 0.529. The summed E-state index contributed by atoms with van der Waals surface area (Å²) in [5.74, 6) is -0.227. The van der Waals surface area contributed by atoms with Crippen molar-refractivity contribution in [2.24, 2.45) is 10.7 Å². The molecule has 1 fully saturated rings. The Morgan fingerprint density at radius 3 is 2.74 bits per heavy atom. The van der Waals surface area contributed by atoms with E-state index < -0.39 is 6.36 Å². The Labute approximate surface area is 173 Å². The number of guanidine groups is 1. The van der Waals surface area contributed by atoms with Crippen molar-refractivity contribution in [1.29, 1.82) is 0 Å². The van der Waals surface area contributed by atoms with Crippen LogP contribution in [0.5, 0.6) is 5.75 Å². The van der Waals surface area contributed by atoms with Crippen molar-refractivity contribution in [2.45, 2.75) is 38.5 Å². The minimum absolute atomic E-state index is 0. The summed E-state index contributed by atoms with van der Waals surface area (Å²) < 4.78 is 41.1. The highest BCUT2D eigenvalue weighted by atomic mass is 127. The lowest BCUT2D eigenvalue weighted by atomic mass is 10.2. The fourth-order valence-corrected chi connectivity index (χ4v) is 2.70. The summed E-state index contributed by atoms with van der Waals surface area (Å²) in [6.45, 7) is 1.73. The Hall–Kier alpha value is -1.72. The molecule has 0 atom stereocenters. The summed E-state index contributed by atoms with van der Waals surface area (Å²) in [6, 6.07) is 5.59. The van der Waals surface area contributed by atoms with Crippen LogP contribution in [-0.4, -0.2) is 42.8 Å². The molecule has 1 saturated heterocycles. The number of hydrogen-bond donors (Lipinski definition) is 2. The van der Waals surface area contributed by atoms with Gasteiger partial charge in [0.15, 0.2) is 11.7 Å². The maximum Gasteiger partial charge on any atom is 0.573 e. The molecule has 2 rings (SSSR count). The second-order valence-electron chi connectivity index (χ2n) is 5.98. The highest BCUT2D eigenvalue weighted by Gasteiger charge is 2.32. The van der Waals surface area contributed by atoms with Gasteiger partial charge in [0.05, 0.1) is 5.69 Å². The smallest absolute Gasteiger partial charge is 0.404 e. The number of carbonyl (C=O) groups is 1. The van der Waals surface area contributed by atoms with Crippen LogP contribution in [0.15, 0.2) is 29.3 Å². The Morgan fingerprint density at radius 2 is 2.00 bits per heavy atom. The highest BCUT2D eigenvalue weighted by Crippen LogP contribution is 2.29. The lowest BCUT2D eigenvalue weighted by molar-refractivity contribution is -0.274. The van der Waals surface area contributed by atoms with Crippen LogP contribution < -0.4 is 15.8 Å². The third-order valence-corrected chi connectivity index (χ3v) is 3.92. The normalized spacial score (nSPS) is 15.7. The number of hydrogen-bond acceptors (Lipinski definition) is 3. The minimum atomic E-state index is -4.79. The van der Waals surface area contributed by atoms with Gasteiger partial charge in [-0.3, -0.25) is 9.79 Å². The summed E-state index contributed by atoms with van der Waals surface area (Å²) in [7, 11) is 0. The molecule has 1 aliphatic heterocycles. The number of carbonyl (C=O) groups excluding carboxylic acids is 1. The average Bonchev–Trinajstić information content (AvgIpc) is 2.77. The number of ether oxygens (including phenoxy) is 1. The zero-order chi connectivity index (χ0) is 19.0. The molecule has 0 spiro atoms. The Kier molecular flexibility index (Phi) is 9.67. The molecule has 0 aromatic heterocycles. The van der Waals surface area contributed by atoms with Crippen LogP contribution in [0.25, 0.3) is 0 Å². The topological polar surface area (TPSA) is 80.0 Å². The number of aliphatic imine (C=N–C) groups is 1. The van der Waals surface area contributed by atoms with Crippen LogP contribution in [0.1, 0.15) is 32.1 Å². The van der Waals surface area contributed by atoms with Crippen LogP contribution in [0.4, 0.5) is 18.9 Å². The lowest BCUT2D eigenvalue weighted by Crippen LogP contribution is -2.31. The maximum absolute atomic E-state index is 12.4. The third-order valence-electron chi connectivity index (χ3n) is 3.92. The quantitative estimate of drug-likeness (QED) is 0.270. The maximum atomic E-state index is 12.4. The molecule has 0 saturated carbocycles. The monoisotopic (exact) mass is 500 g/mol. The van der Waals surface area contributed by atoms with E-state index in [0.29, 0.717) is 25.9 Å². The van der Waals surface area contributed by atoms with Crippen molar-refractivity contribution in [3.63, 3.8) is 0 Å². The van der Waals surface area contributed by atoms with Crippen molar-refractivity contribution in [3.05, 3.63) is 24.3 Å². The molecule has 0 bridgehead atoms. The Bertz CT molecular complexity index is 641. The second kappa shape index (κ2) is 11.2. The molecule has 10 heteroatoms. The number of rotatable bonds is 6. The molecule has 1 amide bonds. The van der Waals surface area contributed by atoms with Gasteiger partial charge in [-0.25, -0.2) is 0 Å². The van der Waals surface area contributed by atoms with E-state index in [2.05, 4.69) is 15.0 Å². The number of nitrogens with one attached hydrogen (secondary N) is 1. The van der Waals surface area contributed by atoms with Crippen LogP contribution >= 0.6 is 24.0 Å². The van der Waals surface area contributed by atoms with E-state index in [-0.39, 0.29) is 47.3 Å². The second-order valence-corrected chi connectivity index (χ2v) is 5.98. The van der Waals surface area contributed by atoms with Crippen LogP contribution in [0, 0.1) is 0 Å². The summed E-state index contributed by atoms with van der Waals surface area (Å²) in [6.07, 6.45) is -0.559. The third kappa shape index (κ3) is 8.67. The van der Waals surface area contributed by atoms with Crippen molar-refractivity contribution in [2.75, 3.05) is 25.0 Å². The van der Waals surface area contributed by atoms with Crippen molar-refractivity contribution < 1.29 is 22.7 Å². The zero-order valence-corrected chi connectivity index (χ0v) is 17.1. The van der Waals surface area contributed by atoms with Gasteiger partial charge in [-0.2, -0.15) is 0 Å². The van der Waals surface area contributed by atoms with E-state index >= 15 is 0 Å². The Balaban J connectivity index is 0.00000364. The standard InChI is InChI=1S/C17H23F3N4O2.HI/c18-17(19,20)26-14-8-4-3-7-13(14)23-16(21)22-10-6-12-24-11-5-1-2-9-15(24)25;/h3-4,7-8H,1-2,5-6,9-12H2,(H3,21,22,23);1H. The van der Waals surface area contributed by atoms with Crippen LogP contribution in [-0.2, 0) is 4.79 Å². The first kappa shape index (κ1) is 23.3. The highest BCUT2D eigenvalue weighted by molar-refractivity contribution is 14.0. The molecule has 27 heavy (non-hydrogen) atoms. The van der Waals surface area contributed by atoms with Gasteiger partial charge in [0, 0.05) is 26.1 Å². The molecule has 0 radical (unpaired) electrons. The molecule has 152 valence electrons. The number of alkyl halides is 3. The number of benzene rings is 1. The van der Waals surface area contributed by atoms with Crippen molar-refractivity contribution in [1.82, 2.24) is 4.90 Å². The molecule has 3 N–H and O–H groups in total. The summed E-state index contributed by atoms with van der Waals surface area (Å²) >= 11 is 0. The fourth-order valence-electron chi connectivity index (χ4n) is 2.70. The first-order valence-corrected chi connectivity index (χ1v) is 8.54. The minimum Gasteiger partial charge on any atom is -0.404 e. The molecule has 1 aromatic rings. The molecular formula is C17H24F3IN4O2. The first-order valence-electron chi connectivity index (χ1n) is 8.54. The van der Waals surface area contributed by atoms with E-state index in [9.17, 15) is 18.0 Å². The van der Waals surface area contributed by atoms with Gasteiger partial charge in [0.2, 0.25) is 5.91 Å². The van der Waals surface area contributed by atoms with E-state index in [0.717, 1.165) is 25.8 Å². The number of para-hydroxylation sites is 2. The Morgan fingerprint density at radius 1 is 1.26 bits per heavy atom. The van der Waals surface area contributed by atoms with E-state index in [1.54, 1.807) is 6.07 Å². The molecular weight excluding hydrogens is 476 g/mol. The van der Waals surface area contributed by atoms with Crippen molar-refractivity contribution >= 4 is 41.5 Å². The molecule has 1 heterocycles. The average molecular weight is 500 g/mol. The van der Waals surface area contributed by atoms with Gasteiger partial charge < -0.3 is 20.7 Å². The summed E-state index contributed by atoms with van der Waals surface area (Å²) in [4.78, 5) is 17.8. The molecule has 6 nitrogen and oxygen atoms in total. The van der Waals surface area contributed by atoms with Gasteiger partial charge in [-0.15, -0.1) is 37.1 Å². The van der Waals surface area contributed by atoms with Gasteiger partial charge in [0.25, 0.3) is 0 Å². The predicted molar refractivity (Wildman–Crippen MR) is 108 cm³/mol. The molecule has 0 aliphatic carbocycles. The largest absolute Gasteiger partial charge is 0.573 e. The summed E-state index contributed by atoms with van der Waals surface area (Å²) in [5.41, 5.74) is 5.81. The van der Waals surface area contributed by atoms with E-state index in [1.165, 1.54) is 18.2 Å². The van der Waals surface area contributed by atoms with Crippen LogP contribution in [0.3, 0.4) is 0 Å². The predicted octanol–water partition coefficient (Wildman–Crippen LogP) is 3.72. The van der Waals surface area contributed by atoms with Crippen molar-refractivity contribution in [3.8, 4) is 5.75 Å². The summed E-state index contributed by atoms with van der Waals surface area (Å²) in [5, 5.41) is 2.61. The number of nitrogens with zero attached hydrogens (tertiary/aromatic N) is 2. The first-order chi connectivity index (χ1) is 12.3. The van der Waals surface area contributed by atoms with E-state index in [4.69, 9.17) is 5.73 Å². The number of nitrogens with two attached hydrogens (primary N) is 1. The van der Waals surface area contributed by atoms with Gasteiger partial charge in [-0.1, -0.05) is 18.6 Å². The van der Waals surface area contributed by atoms with E-state index in [1.807, 2.05) is 4.90 Å². The zero-order valence-electron chi connectivity index (χ0n) is 14.8. The number of halogens is 4. The molecule has 1 aliphatic rings. The molecule has 1 aromatic carbocycles. The lowest BCUT2D eigenvalue weighted by Gasteiger charge is -2.19. The number of amides is 1. The van der Waals surface area contributed by atoms with Gasteiger partial charge >= 0.3 is 6.36 Å². The van der Waals surface area contributed by atoms with Crippen LogP contribution in [0.2, 0.25) is 0 Å².